The van der Waals surface area contributed by atoms with Crippen LogP contribution < -0.4 is 10.1 Å². The molecule has 0 unspecified atom stereocenters. The maximum absolute atomic E-state index is 12.1. The summed E-state index contributed by atoms with van der Waals surface area (Å²) in [5.41, 5.74) is 1.94. The first-order valence-electron chi connectivity index (χ1n) is 7.66. The first-order valence-corrected chi connectivity index (χ1v) is 7.66. The predicted molar refractivity (Wildman–Crippen MR) is 80.8 cm³/mol. The Morgan fingerprint density at radius 2 is 2.14 bits per heavy atom. The Kier molecular flexibility index (Phi) is 3.59. The topological polar surface area (TPSA) is 75.6 Å². The second-order valence-electron chi connectivity index (χ2n) is 6.70. The van der Waals surface area contributed by atoms with E-state index >= 15 is 0 Å². The van der Waals surface area contributed by atoms with Gasteiger partial charge in [0.2, 0.25) is 5.91 Å². The SMILES string of the molecule is CC1(C)[C@H](C(=O)O)[C@@H]1C(=O)NCCc1ccc2c(c1)CCO2. The van der Waals surface area contributed by atoms with Crippen LogP contribution in [0, 0.1) is 17.3 Å². The van der Waals surface area contributed by atoms with E-state index in [9.17, 15) is 9.59 Å². The van der Waals surface area contributed by atoms with Crippen molar-refractivity contribution in [1.29, 1.82) is 0 Å². The molecule has 1 aliphatic heterocycles. The summed E-state index contributed by atoms with van der Waals surface area (Å²) < 4.78 is 5.47. The van der Waals surface area contributed by atoms with E-state index in [-0.39, 0.29) is 5.91 Å². The second-order valence-corrected chi connectivity index (χ2v) is 6.70. The van der Waals surface area contributed by atoms with Crippen molar-refractivity contribution >= 4 is 11.9 Å². The van der Waals surface area contributed by atoms with Gasteiger partial charge in [-0.25, -0.2) is 0 Å². The number of rotatable bonds is 5. The number of ether oxygens (including phenoxy) is 1. The van der Waals surface area contributed by atoms with Gasteiger partial charge in [0.1, 0.15) is 5.75 Å². The fraction of sp³-hybridized carbons (Fsp3) is 0.529. The largest absolute Gasteiger partial charge is 0.493 e. The number of benzene rings is 1. The Morgan fingerprint density at radius 1 is 1.36 bits per heavy atom. The molecular weight excluding hydrogens is 282 g/mol. The number of carbonyl (C=O) groups is 2. The standard InChI is InChI=1S/C17H21NO4/c1-17(2)13(14(17)16(20)21)15(19)18-7-5-10-3-4-12-11(9-10)6-8-22-12/h3-4,9,13-14H,5-8H2,1-2H3,(H,18,19)(H,20,21)/t13-,14+/m1/s1. The zero-order valence-corrected chi connectivity index (χ0v) is 12.9. The maximum Gasteiger partial charge on any atom is 0.307 e. The Morgan fingerprint density at radius 3 is 2.82 bits per heavy atom. The zero-order valence-electron chi connectivity index (χ0n) is 12.9. The van der Waals surface area contributed by atoms with E-state index in [2.05, 4.69) is 11.4 Å². The smallest absolute Gasteiger partial charge is 0.307 e. The number of nitrogens with one attached hydrogen (secondary N) is 1. The summed E-state index contributed by atoms with van der Waals surface area (Å²) in [6, 6.07) is 6.11. The molecule has 2 atom stereocenters. The molecule has 0 spiro atoms. The van der Waals surface area contributed by atoms with Gasteiger partial charge in [-0.1, -0.05) is 26.0 Å². The minimum Gasteiger partial charge on any atom is -0.493 e. The van der Waals surface area contributed by atoms with E-state index in [1.807, 2.05) is 26.0 Å². The van der Waals surface area contributed by atoms with E-state index < -0.39 is 23.2 Å². The number of hydrogen-bond acceptors (Lipinski definition) is 3. The Hall–Kier alpha value is -2.04. The summed E-state index contributed by atoms with van der Waals surface area (Å²) in [4.78, 5) is 23.2. The quantitative estimate of drug-likeness (QED) is 0.867. The molecule has 0 aromatic heterocycles. The normalized spacial score (nSPS) is 24.3. The minimum atomic E-state index is -0.885. The van der Waals surface area contributed by atoms with Crippen LogP contribution in [-0.4, -0.2) is 30.1 Å². The number of carboxylic acid groups (broad SMARTS) is 1. The van der Waals surface area contributed by atoms with Crippen LogP contribution in [0.5, 0.6) is 5.75 Å². The van der Waals surface area contributed by atoms with Crippen molar-refractivity contribution in [1.82, 2.24) is 5.32 Å². The molecule has 0 saturated heterocycles. The number of hydrogen-bond donors (Lipinski definition) is 2. The number of amides is 1. The molecule has 3 rings (SSSR count). The van der Waals surface area contributed by atoms with Crippen molar-refractivity contribution in [2.45, 2.75) is 26.7 Å². The lowest BCUT2D eigenvalue weighted by molar-refractivity contribution is -0.140. The molecule has 1 aromatic carbocycles. The number of carboxylic acids is 1. The summed E-state index contributed by atoms with van der Waals surface area (Å²) >= 11 is 0. The number of fused-ring (bicyclic) bond motifs is 1. The van der Waals surface area contributed by atoms with Crippen molar-refractivity contribution in [3.63, 3.8) is 0 Å². The van der Waals surface area contributed by atoms with Crippen LogP contribution in [0.2, 0.25) is 0 Å². The molecule has 5 nitrogen and oxygen atoms in total. The van der Waals surface area contributed by atoms with Crippen LogP contribution >= 0.6 is 0 Å². The van der Waals surface area contributed by atoms with Crippen LogP contribution in [0.25, 0.3) is 0 Å². The van der Waals surface area contributed by atoms with E-state index in [0.717, 1.165) is 30.8 Å². The third-order valence-corrected chi connectivity index (χ3v) is 4.84. The zero-order chi connectivity index (χ0) is 15.9. The van der Waals surface area contributed by atoms with Crippen molar-refractivity contribution in [3.8, 4) is 5.75 Å². The second kappa shape index (κ2) is 5.30. The van der Waals surface area contributed by atoms with E-state index in [0.29, 0.717) is 6.54 Å². The summed E-state index contributed by atoms with van der Waals surface area (Å²) in [7, 11) is 0. The van der Waals surface area contributed by atoms with Crippen LogP contribution in [-0.2, 0) is 22.4 Å². The fourth-order valence-electron chi connectivity index (χ4n) is 3.42. The van der Waals surface area contributed by atoms with Crippen LogP contribution in [0.15, 0.2) is 18.2 Å². The highest BCUT2D eigenvalue weighted by Gasteiger charge is 2.65. The monoisotopic (exact) mass is 303 g/mol. The van der Waals surface area contributed by atoms with Crippen LogP contribution in [0.3, 0.4) is 0 Å². The van der Waals surface area contributed by atoms with Gasteiger partial charge in [-0.3, -0.25) is 9.59 Å². The van der Waals surface area contributed by atoms with Gasteiger partial charge in [0.25, 0.3) is 0 Å². The van der Waals surface area contributed by atoms with Crippen LogP contribution in [0.4, 0.5) is 0 Å². The Balaban J connectivity index is 1.51. The van der Waals surface area contributed by atoms with E-state index in [1.165, 1.54) is 5.56 Å². The lowest BCUT2D eigenvalue weighted by atomic mass is 10.1. The summed E-state index contributed by atoms with van der Waals surface area (Å²) in [5.74, 6) is -1.06. The van der Waals surface area contributed by atoms with Gasteiger partial charge in [-0.15, -0.1) is 0 Å². The molecular formula is C17H21NO4. The average Bonchev–Trinajstić information content (AvgIpc) is 2.81. The van der Waals surface area contributed by atoms with Gasteiger partial charge in [-0.2, -0.15) is 0 Å². The molecule has 2 aliphatic rings. The highest BCUT2D eigenvalue weighted by atomic mass is 16.5. The third-order valence-electron chi connectivity index (χ3n) is 4.84. The fourth-order valence-corrected chi connectivity index (χ4v) is 3.42. The lowest BCUT2D eigenvalue weighted by Gasteiger charge is -2.07. The highest BCUT2D eigenvalue weighted by molar-refractivity contribution is 5.91. The summed E-state index contributed by atoms with van der Waals surface area (Å²) in [6.07, 6.45) is 1.68. The number of carbonyl (C=O) groups excluding carboxylic acids is 1. The van der Waals surface area contributed by atoms with E-state index in [1.54, 1.807) is 0 Å². The number of aliphatic carboxylic acids is 1. The van der Waals surface area contributed by atoms with Gasteiger partial charge in [0.15, 0.2) is 0 Å². The van der Waals surface area contributed by atoms with Crippen molar-refractivity contribution in [3.05, 3.63) is 29.3 Å². The molecule has 22 heavy (non-hydrogen) atoms. The molecule has 1 aliphatic carbocycles. The first kappa shape index (κ1) is 14.9. The molecule has 1 aromatic rings. The predicted octanol–water partition coefficient (Wildman–Crippen LogP) is 1.64. The lowest BCUT2D eigenvalue weighted by Crippen LogP contribution is -2.29. The van der Waals surface area contributed by atoms with Gasteiger partial charge in [0, 0.05) is 13.0 Å². The average molecular weight is 303 g/mol. The minimum absolute atomic E-state index is 0.151. The third kappa shape index (κ3) is 2.56. The molecule has 1 fully saturated rings. The highest BCUT2D eigenvalue weighted by Crippen LogP contribution is 2.58. The summed E-state index contributed by atoms with van der Waals surface area (Å²) in [6.45, 7) is 4.92. The van der Waals surface area contributed by atoms with Gasteiger partial charge in [-0.05, 0) is 29.0 Å². The molecule has 0 radical (unpaired) electrons. The van der Waals surface area contributed by atoms with Crippen molar-refractivity contribution in [2.75, 3.05) is 13.2 Å². The molecule has 1 heterocycles. The molecule has 1 amide bonds. The van der Waals surface area contributed by atoms with E-state index in [4.69, 9.17) is 9.84 Å². The van der Waals surface area contributed by atoms with Gasteiger partial charge >= 0.3 is 5.97 Å². The van der Waals surface area contributed by atoms with Crippen molar-refractivity contribution < 1.29 is 19.4 Å². The Bertz CT molecular complexity index is 623. The Labute approximate surface area is 129 Å². The molecule has 0 bridgehead atoms. The van der Waals surface area contributed by atoms with Crippen LogP contribution in [0.1, 0.15) is 25.0 Å². The van der Waals surface area contributed by atoms with Gasteiger partial charge in [0.05, 0.1) is 18.4 Å². The van der Waals surface area contributed by atoms with Crippen molar-refractivity contribution in [2.24, 2.45) is 17.3 Å². The molecule has 2 N–H and O–H groups in total. The molecule has 5 heteroatoms. The summed E-state index contributed by atoms with van der Waals surface area (Å²) in [5, 5.41) is 12.0. The van der Waals surface area contributed by atoms with Gasteiger partial charge < -0.3 is 15.2 Å². The maximum atomic E-state index is 12.1. The molecule has 1 saturated carbocycles. The molecule has 118 valence electrons. The first-order chi connectivity index (χ1) is 10.4.